The van der Waals surface area contributed by atoms with Crippen LogP contribution in [0.25, 0.3) is 11.0 Å². The third-order valence-electron chi connectivity index (χ3n) is 5.06. The molecule has 6 nitrogen and oxygen atoms in total. The molecule has 0 amide bonds. The molecule has 1 N–H and O–H groups in total. The zero-order valence-corrected chi connectivity index (χ0v) is 18.9. The average molecular weight is 429 g/mol. The monoisotopic (exact) mass is 428 g/mol. The minimum absolute atomic E-state index is 0.0234. The molecular formula is C26H28N4O2. The quantitative estimate of drug-likeness (QED) is 0.420. The summed E-state index contributed by atoms with van der Waals surface area (Å²) in [7, 11) is 0. The molecule has 1 unspecified atom stereocenters. The second-order valence-corrected chi connectivity index (χ2v) is 9.14. The van der Waals surface area contributed by atoms with E-state index in [4.69, 9.17) is 4.74 Å². The van der Waals surface area contributed by atoms with E-state index in [-0.39, 0.29) is 17.0 Å². The molecule has 2 aromatic heterocycles. The summed E-state index contributed by atoms with van der Waals surface area (Å²) in [5.41, 5.74) is 1.62. The van der Waals surface area contributed by atoms with Gasteiger partial charge in [0.15, 0.2) is 0 Å². The van der Waals surface area contributed by atoms with Crippen LogP contribution in [-0.4, -0.2) is 14.5 Å². The lowest BCUT2D eigenvalue weighted by Gasteiger charge is -2.21. The summed E-state index contributed by atoms with van der Waals surface area (Å²) in [6.45, 7) is 8.94. The van der Waals surface area contributed by atoms with Crippen molar-refractivity contribution >= 4 is 17.0 Å². The maximum Gasteiger partial charge on any atom is 0.252 e. The Kier molecular flexibility index (Phi) is 5.95. The number of hydrogen-bond donors (Lipinski definition) is 1. The molecule has 1 atom stereocenters. The number of para-hydroxylation sites is 1. The number of aromatic nitrogens is 3. The van der Waals surface area contributed by atoms with Crippen LogP contribution in [0.1, 0.15) is 39.3 Å². The van der Waals surface area contributed by atoms with Crippen LogP contribution < -0.4 is 15.6 Å². The van der Waals surface area contributed by atoms with E-state index in [1.807, 2.05) is 61.5 Å². The first-order chi connectivity index (χ1) is 15.3. The fourth-order valence-corrected chi connectivity index (χ4v) is 3.49. The van der Waals surface area contributed by atoms with Gasteiger partial charge in [-0.05, 0) is 48.2 Å². The van der Waals surface area contributed by atoms with Gasteiger partial charge in [-0.1, -0.05) is 51.1 Å². The van der Waals surface area contributed by atoms with Crippen LogP contribution in [0.4, 0.5) is 5.95 Å². The van der Waals surface area contributed by atoms with Gasteiger partial charge in [-0.2, -0.15) is 4.98 Å². The number of rotatable bonds is 6. The van der Waals surface area contributed by atoms with Crippen LogP contribution in [0.15, 0.2) is 77.7 Å². The molecule has 2 aromatic carbocycles. The standard InChI is InChI=1S/C26H28N4O2/c1-18(19-10-13-22(14-11-19)32-21-8-6-5-7-9-21)28-25-27-16-20-12-15-23(31)30(24(20)29-25)17-26(2,3)4/h5-16,18H,17H2,1-4H3,(H,27,28,29). The average Bonchev–Trinajstić information content (AvgIpc) is 2.76. The van der Waals surface area contributed by atoms with Gasteiger partial charge in [-0.15, -0.1) is 0 Å². The molecule has 0 spiro atoms. The van der Waals surface area contributed by atoms with Gasteiger partial charge in [0.2, 0.25) is 5.95 Å². The summed E-state index contributed by atoms with van der Waals surface area (Å²) in [5, 5.41) is 4.19. The number of ether oxygens (including phenoxy) is 1. The lowest BCUT2D eigenvalue weighted by Crippen LogP contribution is -2.27. The van der Waals surface area contributed by atoms with Crippen LogP contribution in [0.5, 0.6) is 11.5 Å². The number of nitrogens with zero attached hydrogens (tertiary/aromatic N) is 3. The first kappa shape index (κ1) is 21.6. The number of fused-ring (bicyclic) bond motifs is 1. The van der Waals surface area contributed by atoms with E-state index in [1.165, 1.54) is 0 Å². The maximum absolute atomic E-state index is 12.5. The Labute approximate surface area is 187 Å². The van der Waals surface area contributed by atoms with Crippen molar-refractivity contribution < 1.29 is 4.74 Å². The molecule has 2 heterocycles. The molecule has 0 aliphatic carbocycles. The fourth-order valence-electron chi connectivity index (χ4n) is 3.49. The van der Waals surface area contributed by atoms with Gasteiger partial charge in [-0.3, -0.25) is 9.36 Å². The number of benzene rings is 2. The number of nitrogens with one attached hydrogen (secondary N) is 1. The summed E-state index contributed by atoms with van der Waals surface area (Å²) in [6, 6.07) is 21.0. The smallest absolute Gasteiger partial charge is 0.252 e. The van der Waals surface area contributed by atoms with Crippen molar-refractivity contribution in [3.63, 3.8) is 0 Å². The summed E-state index contributed by atoms with van der Waals surface area (Å²) < 4.78 is 7.59. The summed E-state index contributed by atoms with van der Waals surface area (Å²) in [6.07, 6.45) is 1.76. The van der Waals surface area contributed by atoms with Crippen LogP contribution in [0.3, 0.4) is 0 Å². The molecule has 4 rings (SSSR count). The van der Waals surface area contributed by atoms with Crippen molar-refractivity contribution in [3.05, 3.63) is 88.8 Å². The van der Waals surface area contributed by atoms with Crippen molar-refractivity contribution in [2.75, 3.05) is 5.32 Å². The van der Waals surface area contributed by atoms with E-state index >= 15 is 0 Å². The molecule has 0 aliphatic heterocycles. The van der Waals surface area contributed by atoms with Crippen LogP contribution in [0, 0.1) is 5.41 Å². The topological polar surface area (TPSA) is 69.0 Å². The van der Waals surface area contributed by atoms with Gasteiger partial charge in [-0.25, -0.2) is 4.98 Å². The molecule has 0 saturated carbocycles. The van der Waals surface area contributed by atoms with Crippen molar-refractivity contribution in [1.82, 2.24) is 14.5 Å². The third kappa shape index (κ3) is 5.14. The van der Waals surface area contributed by atoms with Gasteiger partial charge in [0.05, 0.1) is 6.04 Å². The second kappa shape index (κ2) is 8.83. The Bertz CT molecular complexity index is 1260. The van der Waals surface area contributed by atoms with Crippen LogP contribution in [0.2, 0.25) is 0 Å². The Morgan fingerprint density at radius 3 is 2.34 bits per heavy atom. The largest absolute Gasteiger partial charge is 0.457 e. The molecule has 0 aliphatic rings. The zero-order valence-electron chi connectivity index (χ0n) is 18.9. The highest BCUT2D eigenvalue weighted by molar-refractivity contribution is 5.75. The van der Waals surface area contributed by atoms with Crippen molar-refractivity contribution in [2.24, 2.45) is 5.41 Å². The first-order valence-corrected chi connectivity index (χ1v) is 10.7. The van der Waals surface area contributed by atoms with Crippen molar-refractivity contribution in [1.29, 1.82) is 0 Å². The Morgan fingerprint density at radius 1 is 0.969 bits per heavy atom. The highest BCUT2D eigenvalue weighted by atomic mass is 16.5. The summed E-state index contributed by atoms with van der Waals surface area (Å²) in [4.78, 5) is 21.6. The van der Waals surface area contributed by atoms with Crippen LogP contribution >= 0.6 is 0 Å². The van der Waals surface area contributed by atoms with Gasteiger partial charge in [0, 0.05) is 24.2 Å². The first-order valence-electron chi connectivity index (χ1n) is 10.7. The van der Waals surface area contributed by atoms with Gasteiger partial charge in [0.1, 0.15) is 17.1 Å². The highest BCUT2D eigenvalue weighted by Crippen LogP contribution is 2.25. The van der Waals surface area contributed by atoms with Gasteiger partial charge >= 0.3 is 0 Å². The van der Waals surface area contributed by atoms with Gasteiger partial charge < -0.3 is 10.1 Å². The van der Waals surface area contributed by atoms with E-state index in [9.17, 15) is 4.79 Å². The van der Waals surface area contributed by atoms with E-state index in [0.29, 0.717) is 18.1 Å². The second-order valence-electron chi connectivity index (χ2n) is 9.14. The highest BCUT2D eigenvalue weighted by Gasteiger charge is 2.16. The van der Waals surface area contributed by atoms with Crippen LogP contribution in [-0.2, 0) is 6.54 Å². The van der Waals surface area contributed by atoms with E-state index < -0.39 is 0 Å². The Balaban J connectivity index is 1.53. The summed E-state index contributed by atoms with van der Waals surface area (Å²) >= 11 is 0. The molecule has 0 radical (unpaired) electrons. The minimum Gasteiger partial charge on any atom is -0.457 e. The normalized spacial score (nSPS) is 12.5. The Morgan fingerprint density at radius 2 is 1.66 bits per heavy atom. The van der Waals surface area contributed by atoms with Crippen molar-refractivity contribution in [2.45, 2.75) is 40.3 Å². The molecule has 0 fully saturated rings. The number of pyridine rings is 1. The van der Waals surface area contributed by atoms with E-state index in [0.717, 1.165) is 22.4 Å². The van der Waals surface area contributed by atoms with E-state index in [1.54, 1.807) is 22.9 Å². The predicted octanol–water partition coefficient (Wildman–Crippen LogP) is 5.80. The predicted molar refractivity (Wildman–Crippen MR) is 128 cm³/mol. The molecule has 0 bridgehead atoms. The molecular weight excluding hydrogens is 400 g/mol. The lowest BCUT2D eigenvalue weighted by atomic mass is 9.97. The summed E-state index contributed by atoms with van der Waals surface area (Å²) in [5.74, 6) is 2.07. The molecule has 6 heteroatoms. The molecule has 164 valence electrons. The minimum atomic E-state index is -0.0564. The maximum atomic E-state index is 12.5. The third-order valence-corrected chi connectivity index (χ3v) is 5.06. The number of anilines is 1. The van der Waals surface area contributed by atoms with Crippen molar-refractivity contribution in [3.8, 4) is 11.5 Å². The molecule has 32 heavy (non-hydrogen) atoms. The SMILES string of the molecule is CC(Nc1ncc2ccc(=O)n(CC(C)(C)C)c2n1)c1ccc(Oc2ccccc2)cc1. The molecule has 4 aromatic rings. The fraction of sp³-hybridized carbons (Fsp3) is 0.269. The zero-order chi connectivity index (χ0) is 22.7. The lowest BCUT2D eigenvalue weighted by molar-refractivity contribution is 0.343. The van der Waals surface area contributed by atoms with Gasteiger partial charge in [0.25, 0.3) is 5.56 Å². The molecule has 0 saturated heterocycles. The Hall–Kier alpha value is -3.67. The van der Waals surface area contributed by atoms with E-state index in [2.05, 4.69) is 36.1 Å². The number of hydrogen-bond acceptors (Lipinski definition) is 5.